The maximum atomic E-state index is 13.1. The predicted molar refractivity (Wildman–Crippen MR) is 113 cm³/mol. The molecule has 0 N–H and O–H groups in total. The van der Waals surface area contributed by atoms with Crippen molar-refractivity contribution in [2.45, 2.75) is 32.6 Å². The molecule has 1 amide bonds. The molecule has 1 aliphatic heterocycles. The monoisotopic (exact) mass is 390 g/mol. The highest BCUT2D eigenvalue weighted by Crippen LogP contribution is 2.27. The number of benzene rings is 2. The van der Waals surface area contributed by atoms with Gasteiger partial charge in [0.25, 0.3) is 5.91 Å². The molecule has 1 saturated heterocycles. The van der Waals surface area contributed by atoms with Gasteiger partial charge < -0.3 is 4.90 Å². The van der Waals surface area contributed by atoms with Gasteiger partial charge in [0, 0.05) is 31.6 Å². The third-order valence-corrected chi connectivity index (χ3v) is 5.51. The van der Waals surface area contributed by atoms with Crippen LogP contribution in [0.25, 0.3) is 5.69 Å². The summed E-state index contributed by atoms with van der Waals surface area (Å²) in [4.78, 5) is 27.8. The molecular formula is C23H26N4O2. The fourth-order valence-corrected chi connectivity index (χ4v) is 4.22. The van der Waals surface area contributed by atoms with Gasteiger partial charge in [-0.1, -0.05) is 35.4 Å². The second-order valence-electron chi connectivity index (χ2n) is 7.90. The summed E-state index contributed by atoms with van der Waals surface area (Å²) in [6.07, 6.45) is 1.79. The molecule has 0 spiro atoms. The summed E-state index contributed by atoms with van der Waals surface area (Å²) in [6.45, 7) is 5.31. The molecule has 2 heterocycles. The van der Waals surface area contributed by atoms with Crippen molar-refractivity contribution in [3.8, 4) is 5.69 Å². The summed E-state index contributed by atoms with van der Waals surface area (Å²) >= 11 is 0. The molecule has 6 nitrogen and oxygen atoms in total. The van der Waals surface area contributed by atoms with E-state index in [1.54, 1.807) is 11.6 Å². The molecule has 1 aliphatic rings. The molecule has 6 heteroatoms. The smallest absolute Gasteiger partial charge is 0.338 e. The molecular weight excluding hydrogens is 364 g/mol. The Morgan fingerprint density at radius 3 is 2.45 bits per heavy atom. The van der Waals surface area contributed by atoms with Crippen molar-refractivity contribution in [2.24, 2.45) is 7.05 Å². The first kappa shape index (κ1) is 19.2. The molecule has 2 aromatic carbocycles. The Bertz CT molecular complexity index is 1080. The van der Waals surface area contributed by atoms with Gasteiger partial charge in [0.05, 0.1) is 5.69 Å². The van der Waals surface area contributed by atoms with Crippen LogP contribution in [0.15, 0.2) is 53.3 Å². The van der Waals surface area contributed by atoms with Crippen molar-refractivity contribution < 1.29 is 4.79 Å². The number of likely N-dealkylation sites (tertiary alicyclic amines) is 1. The number of carbonyl (C=O) groups is 1. The minimum atomic E-state index is -0.163. The summed E-state index contributed by atoms with van der Waals surface area (Å²) in [5.41, 5.74) is 3.54. The Labute approximate surface area is 170 Å². The Kier molecular flexibility index (Phi) is 5.09. The van der Waals surface area contributed by atoms with E-state index in [-0.39, 0.29) is 17.5 Å². The fraction of sp³-hybridized carbons (Fsp3) is 0.348. The Morgan fingerprint density at radius 2 is 1.76 bits per heavy atom. The van der Waals surface area contributed by atoms with E-state index in [1.807, 2.05) is 61.2 Å². The lowest BCUT2D eigenvalue weighted by Gasteiger charge is -2.32. The fourth-order valence-electron chi connectivity index (χ4n) is 4.22. The number of piperidine rings is 1. The molecule has 0 saturated carbocycles. The second-order valence-corrected chi connectivity index (χ2v) is 7.90. The predicted octanol–water partition coefficient (Wildman–Crippen LogP) is 3.21. The molecule has 0 aliphatic carbocycles. The Balaban J connectivity index is 1.65. The maximum Gasteiger partial charge on any atom is 0.350 e. The van der Waals surface area contributed by atoms with E-state index in [4.69, 9.17) is 0 Å². The zero-order valence-electron chi connectivity index (χ0n) is 17.1. The summed E-state index contributed by atoms with van der Waals surface area (Å²) < 4.78 is 3.06. The molecule has 1 fully saturated rings. The summed E-state index contributed by atoms with van der Waals surface area (Å²) in [5.74, 6) is 0.792. The minimum Gasteiger partial charge on any atom is -0.338 e. The van der Waals surface area contributed by atoms with Crippen molar-refractivity contribution in [2.75, 3.05) is 13.1 Å². The molecule has 0 radical (unpaired) electrons. The number of hydrogen-bond donors (Lipinski definition) is 0. The maximum absolute atomic E-state index is 13.1. The topological polar surface area (TPSA) is 60.1 Å². The van der Waals surface area contributed by atoms with Crippen LogP contribution in [0.1, 0.15) is 46.1 Å². The van der Waals surface area contributed by atoms with Crippen molar-refractivity contribution in [1.82, 2.24) is 19.2 Å². The number of nitrogens with zero attached hydrogens (tertiary/aromatic N) is 4. The molecule has 1 aromatic heterocycles. The molecule has 1 atom stereocenters. The summed E-state index contributed by atoms with van der Waals surface area (Å²) in [6, 6.07) is 15.5. The van der Waals surface area contributed by atoms with Gasteiger partial charge in [-0.15, -0.1) is 0 Å². The van der Waals surface area contributed by atoms with Crippen LogP contribution in [0, 0.1) is 13.8 Å². The van der Waals surface area contributed by atoms with E-state index in [2.05, 4.69) is 11.2 Å². The molecule has 3 aromatic rings. The van der Waals surface area contributed by atoms with Crippen molar-refractivity contribution in [3.63, 3.8) is 0 Å². The number of carbonyl (C=O) groups excluding carboxylic acids is 1. The average molecular weight is 390 g/mol. The van der Waals surface area contributed by atoms with E-state index in [0.29, 0.717) is 6.54 Å². The lowest BCUT2D eigenvalue weighted by molar-refractivity contribution is 0.0703. The van der Waals surface area contributed by atoms with Gasteiger partial charge in [0.1, 0.15) is 5.82 Å². The van der Waals surface area contributed by atoms with Crippen molar-refractivity contribution >= 4 is 5.91 Å². The quantitative estimate of drug-likeness (QED) is 0.690. The van der Waals surface area contributed by atoms with Crippen molar-refractivity contribution in [3.05, 3.63) is 81.5 Å². The highest BCUT2D eigenvalue weighted by molar-refractivity contribution is 5.94. The van der Waals surface area contributed by atoms with Crippen molar-refractivity contribution in [1.29, 1.82) is 0 Å². The summed E-state index contributed by atoms with van der Waals surface area (Å²) in [7, 11) is 1.67. The lowest BCUT2D eigenvalue weighted by atomic mass is 9.96. The second kappa shape index (κ2) is 7.70. The molecule has 150 valence electrons. The number of rotatable bonds is 3. The van der Waals surface area contributed by atoms with E-state index in [0.717, 1.165) is 47.6 Å². The van der Waals surface area contributed by atoms with E-state index in [1.165, 1.54) is 4.68 Å². The van der Waals surface area contributed by atoms with Crippen LogP contribution in [0.2, 0.25) is 0 Å². The highest BCUT2D eigenvalue weighted by atomic mass is 16.2. The molecule has 1 unspecified atom stereocenters. The number of hydrogen-bond acceptors (Lipinski definition) is 3. The molecule has 4 rings (SSSR count). The summed E-state index contributed by atoms with van der Waals surface area (Å²) in [5, 5.41) is 4.53. The third kappa shape index (κ3) is 3.75. The minimum absolute atomic E-state index is 0.0210. The molecule has 0 bridgehead atoms. The van der Waals surface area contributed by atoms with Crippen LogP contribution in [0.5, 0.6) is 0 Å². The number of aromatic nitrogens is 3. The molecule has 29 heavy (non-hydrogen) atoms. The first-order valence-corrected chi connectivity index (χ1v) is 10.0. The number of aryl methyl sites for hydroxylation is 3. The number of amides is 1. The standard InChI is InChI=1S/C23H26N4O2/c1-16-12-17(2)14-19(13-16)22(28)26-11-7-8-18(15-26)21-24-25(3)23(29)27(21)20-9-5-4-6-10-20/h4-6,9-10,12-14,18H,7-8,11,15H2,1-3H3. The van der Waals surface area contributed by atoms with Gasteiger partial charge in [-0.25, -0.2) is 14.0 Å². The average Bonchev–Trinajstić information content (AvgIpc) is 3.02. The van der Waals surface area contributed by atoms with Crippen LogP contribution in [-0.4, -0.2) is 38.2 Å². The van der Waals surface area contributed by atoms with Gasteiger partial charge in [-0.3, -0.25) is 4.79 Å². The van der Waals surface area contributed by atoms with Crippen LogP contribution in [-0.2, 0) is 7.05 Å². The first-order valence-electron chi connectivity index (χ1n) is 10.0. The van der Waals surface area contributed by atoms with E-state index in [9.17, 15) is 9.59 Å². The SMILES string of the molecule is Cc1cc(C)cc(C(=O)N2CCCC(c3nn(C)c(=O)n3-c3ccccc3)C2)c1. The van der Waals surface area contributed by atoms with Gasteiger partial charge in [-0.2, -0.15) is 5.10 Å². The van der Waals surface area contributed by atoms with Gasteiger partial charge in [-0.05, 0) is 51.0 Å². The Hall–Kier alpha value is -3.15. The van der Waals surface area contributed by atoms with E-state index < -0.39 is 0 Å². The first-order chi connectivity index (χ1) is 13.9. The van der Waals surface area contributed by atoms with Crippen LogP contribution in [0.4, 0.5) is 0 Å². The third-order valence-electron chi connectivity index (χ3n) is 5.51. The van der Waals surface area contributed by atoms with E-state index >= 15 is 0 Å². The number of para-hydroxylation sites is 1. The Morgan fingerprint density at radius 1 is 1.07 bits per heavy atom. The zero-order valence-corrected chi connectivity index (χ0v) is 17.1. The lowest BCUT2D eigenvalue weighted by Crippen LogP contribution is -2.40. The van der Waals surface area contributed by atoms with Crippen LogP contribution in [0.3, 0.4) is 0 Å². The van der Waals surface area contributed by atoms with Gasteiger partial charge >= 0.3 is 5.69 Å². The van der Waals surface area contributed by atoms with Gasteiger partial charge in [0.2, 0.25) is 0 Å². The highest BCUT2D eigenvalue weighted by Gasteiger charge is 2.30. The largest absolute Gasteiger partial charge is 0.350 e. The normalized spacial score (nSPS) is 16.8. The van der Waals surface area contributed by atoms with Crippen LogP contribution >= 0.6 is 0 Å². The zero-order chi connectivity index (χ0) is 20.5. The van der Waals surface area contributed by atoms with Gasteiger partial charge in [0.15, 0.2) is 0 Å². The van der Waals surface area contributed by atoms with Crippen LogP contribution < -0.4 is 5.69 Å².